The third-order valence-electron chi connectivity index (χ3n) is 1.65. The van der Waals surface area contributed by atoms with E-state index in [0.717, 1.165) is 6.54 Å². The Balaban J connectivity index is 2.47. The highest BCUT2D eigenvalue weighted by atomic mass is 16.5. The van der Waals surface area contributed by atoms with E-state index in [2.05, 4.69) is 4.98 Å². The molecule has 1 aromatic heterocycles. The molecule has 4 nitrogen and oxygen atoms in total. The Morgan fingerprint density at radius 2 is 2.36 bits per heavy atom. The molecule has 74 valence electrons. The van der Waals surface area contributed by atoms with Crippen molar-refractivity contribution in [3.8, 4) is 11.9 Å². The van der Waals surface area contributed by atoms with Crippen molar-refractivity contribution >= 4 is 0 Å². The lowest BCUT2D eigenvalue weighted by Crippen LogP contribution is -2.19. The first-order chi connectivity index (χ1) is 6.72. The van der Waals surface area contributed by atoms with Crippen molar-refractivity contribution in [2.45, 2.75) is 0 Å². The highest BCUT2D eigenvalue weighted by Crippen LogP contribution is 2.07. The van der Waals surface area contributed by atoms with Gasteiger partial charge in [-0.15, -0.1) is 0 Å². The maximum absolute atomic E-state index is 8.63. The Morgan fingerprint density at radius 1 is 1.57 bits per heavy atom. The highest BCUT2D eigenvalue weighted by Gasteiger charge is 1.97. The van der Waals surface area contributed by atoms with Crippen molar-refractivity contribution in [2.24, 2.45) is 0 Å². The van der Waals surface area contributed by atoms with Crippen LogP contribution in [0.1, 0.15) is 5.56 Å². The zero-order valence-electron chi connectivity index (χ0n) is 8.40. The lowest BCUT2D eigenvalue weighted by atomic mass is 10.3. The fraction of sp³-hybridized carbons (Fsp3) is 0.400. The maximum Gasteiger partial charge on any atom is 0.214 e. The van der Waals surface area contributed by atoms with Crippen LogP contribution in [0.3, 0.4) is 0 Å². The van der Waals surface area contributed by atoms with E-state index in [1.165, 1.54) is 0 Å². The van der Waals surface area contributed by atoms with Gasteiger partial charge in [-0.1, -0.05) is 0 Å². The van der Waals surface area contributed by atoms with Gasteiger partial charge >= 0.3 is 0 Å². The maximum atomic E-state index is 8.63. The summed E-state index contributed by atoms with van der Waals surface area (Å²) in [4.78, 5) is 6.01. The van der Waals surface area contributed by atoms with E-state index in [9.17, 15) is 0 Å². The van der Waals surface area contributed by atoms with Crippen molar-refractivity contribution in [1.29, 1.82) is 5.26 Å². The van der Waals surface area contributed by atoms with Gasteiger partial charge < -0.3 is 9.64 Å². The number of aromatic nitrogens is 1. The van der Waals surface area contributed by atoms with E-state index in [0.29, 0.717) is 18.1 Å². The average molecular weight is 191 g/mol. The van der Waals surface area contributed by atoms with Crippen LogP contribution < -0.4 is 4.74 Å². The number of pyridine rings is 1. The van der Waals surface area contributed by atoms with Gasteiger partial charge in [-0.3, -0.25) is 0 Å². The molecular formula is C10H13N3O. The van der Waals surface area contributed by atoms with Crippen molar-refractivity contribution in [2.75, 3.05) is 27.2 Å². The quantitative estimate of drug-likeness (QED) is 0.709. The van der Waals surface area contributed by atoms with Crippen LogP contribution in [0.4, 0.5) is 0 Å². The van der Waals surface area contributed by atoms with Gasteiger partial charge in [-0.2, -0.15) is 5.26 Å². The smallest absolute Gasteiger partial charge is 0.214 e. The molecule has 0 unspecified atom stereocenters. The van der Waals surface area contributed by atoms with Gasteiger partial charge in [0.25, 0.3) is 0 Å². The number of ether oxygens (including phenoxy) is 1. The average Bonchev–Trinajstić information content (AvgIpc) is 2.18. The van der Waals surface area contributed by atoms with Gasteiger partial charge in [0.1, 0.15) is 6.61 Å². The highest BCUT2D eigenvalue weighted by molar-refractivity contribution is 5.31. The first-order valence-corrected chi connectivity index (χ1v) is 4.36. The molecule has 0 saturated carbocycles. The van der Waals surface area contributed by atoms with Crippen molar-refractivity contribution < 1.29 is 4.74 Å². The van der Waals surface area contributed by atoms with E-state index in [1.54, 1.807) is 18.3 Å². The normalized spacial score (nSPS) is 9.86. The molecule has 4 heteroatoms. The zero-order chi connectivity index (χ0) is 10.4. The van der Waals surface area contributed by atoms with Crippen LogP contribution in [0.5, 0.6) is 5.88 Å². The number of hydrogen-bond acceptors (Lipinski definition) is 4. The fourth-order valence-electron chi connectivity index (χ4n) is 0.891. The molecule has 0 amide bonds. The zero-order valence-corrected chi connectivity index (χ0v) is 8.40. The van der Waals surface area contributed by atoms with Gasteiger partial charge in [0.2, 0.25) is 5.88 Å². The molecule has 0 spiro atoms. The standard InChI is InChI=1S/C10H13N3O/c1-13(2)5-6-14-10-7-9(8-11)3-4-12-10/h3-4,7H,5-6H2,1-2H3. The third-order valence-corrected chi connectivity index (χ3v) is 1.65. The predicted octanol–water partition coefficient (Wildman–Crippen LogP) is 0.894. The minimum Gasteiger partial charge on any atom is -0.476 e. The van der Waals surface area contributed by atoms with Crippen LogP contribution in [-0.2, 0) is 0 Å². The second-order valence-electron chi connectivity index (χ2n) is 3.15. The van der Waals surface area contributed by atoms with E-state index in [1.807, 2.05) is 25.1 Å². The largest absolute Gasteiger partial charge is 0.476 e. The van der Waals surface area contributed by atoms with Crippen LogP contribution >= 0.6 is 0 Å². The van der Waals surface area contributed by atoms with E-state index < -0.39 is 0 Å². The van der Waals surface area contributed by atoms with Crippen LogP contribution in [0.15, 0.2) is 18.3 Å². The Kier molecular flexibility index (Phi) is 3.89. The molecule has 0 aliphatic heterocycles. The number of rotatable bonds is 4. The van der Waals surface area contributed by atoms with Gasteiger partial charge in [0.05, 0.1) is 11.6 Å². The molecule has 0 aliphatic rings. The molecule has 0 bridgehead atoms. The van der Waals surface area contributed by atoms with Crippen LogP contribution in [-0.4, -0.2) is 37.1 Å². The van der Waals surface area contributed by atoms with Gasteiger partial charge in [0, 0.05) is 18.8 Å². The number of hydrogen-bond donors (Lipinski definition) is 0. The van der Waals surface area contributed by atoms with E-state index in [4.69, 9.17) is 10.00 Å². The molecule has 14 heavy (non-hydrogen) atoms. The minimum absolute atomic E-state index is 0.505. The monoisotopic (exact) mass is 191 g/mol. The summed E-state index contributed by atoms with van der Waals surface area (Å²) in [7, 11) is 3.95. The summed E-state index contributed by atoms with van der Waals surface area (Å²) in [5.41, 5.74) is 0.569. The SMILES string of the molecule is CN(C)CCOc1cc(C#N)ccn1. The Labute approximate surface area is 83.7 Å². The molecule has 0 radical (unpaired) electrons. The summed E-state index contributed by atoms with van der Waals surface area (Å²) in [6.07, 6.45) is 1.57. The first-order valence-electron chi connectivity index (χ1n) is 4.36. The second kappa shape index (κ2) is 5.20. The van der Waals surface area contributed by atoms with Crippen LogP contribution in [0, 0.1) is 11.3 Å². The molecule has 0 aromatic carbocycles. The first kappa shape index (κ1) is 10.5. The summed E-state index contributed by atoms with van der Waals surface area (Å²) < 4.78 is 5.36. The van der Waals surface area contributed by atoms with Crippen LogP contribution in [0.2, 0.25) is 0 Å². The van der Waals surface area contributed by atoms with E-state index >= 15 is 0 Å². The van der Waals surface area contributed by atoms with Crippen LogP contribution in [0.25, 0.3) is 0 Å². The van der Waals surface area contributed by atoms with Crippen molar-refractivity contribution in [1.82, 2.24) is 9.88 Å². The molecule has 1 heterocycles. The van der Waals surface area contributed by atoms with Gasteiger partial charge in [-0.05, 0) is 20.2 Å². The molecule has 1 aromatic rings. The summed E-state index contributed by atoms with van der Waals surface area (Å²) in [6, 6.07) is 5.32. The number of likely N-dealkylation sites (N-methyl/N-ethyl adjacent to an activating group) is 1. The molecule has 0 fully saturated rings. The van der Waals surface area contributed by atoms with E-state index in [-0.39, 0.29) is 0 Å². The molecule has 0 atom stereocenters. The number of nitrogens with zero attached hydrogens (tertiary/aromatic N) is 3. The topological polar surface area (TPSA) is 49.1 Å². The third kappa shape index (κ3) is 3.42. The molecule has 0 saturated heterocycles. The Hall–Kier alpha value is -1.60. The molecule has 0 N–H and O–H groups in total. The van der Waals surface area contributed by atoms with Crippen molar-refractivity contribution in [3.05, 3.63) is 23.9 Å². The molecular weight excluding hydrogens is 178 g/mol. The van der Waals surface area contributed by atoms with Gasteiger partial charge in [-0.25, -0.2) is 4.98 Å². The summed E-state index contributed by atoms with van der Waals surface area (Å²) in [5, 5.41) is 8.63. The fourth-order valence-corrected chi connectivity index (χ4v) is 0.891. The molecule has 1 rings (SSSR count). The Bertz CT molecular complexity index is 330. The lowest BCUT2D eigenvalue weighted by Gasteiger charge is -2.09. The summed E-state index contributed by atoms with van der Waals surface area (Å²) in [6.45, 7) is 1.41. The summed E-state index contributed by atoms with van der Waals surface area (Å²) in [5.74, 6) is 0.505. The lowest BCUT2D eigenvalue weighted by molar-refractivity contribution is 0.254. The predicted molar refractivity (Wildman–Crippen MR) is 53.0 cm³/mol. The molecule has 0 aliphatic carbocycles. The summed E-state index contributed by atoms with van der Waals surface area (Å²) >= 11 is 0. The van der Waals surface area contributed by atoms with Crippen molar-refractivity contribution in [3.63, 3.8) is 0 Å². The number of nitriles is 1. The van der Waals surface area contributed by atoms with Gasteiger partial charge in [0.15, 0.2) is 0 Å². The Morgan fingerprint density at radius 3 is 3.00 bits per heavy atom. The minimum atomic E-state index is 0.505. The second-order valence-corrected chi connectivity index (χ2v) is 3.15.